The van der Waals surface area contributed by atoms with Crippen molar-refractivity contribution < 1.29 is 4.79 Å². The summed E-state index contributed by atoms with van der Waals surface area (Å²) in [5.41, 5.74) is 0. The molecule has 17 heavy (non-hydrogen) atoms. The predicted molar refractivity (Wildman–Crippen MR) is 69.0 cm³/mol. The fraction of sp³-hybridized carbons (Fsp3) is 0.500. The SMILES string of the molecule is CCNC(=O)NCCCCNc1ccccn1. The average molecular weight is 236 g/mol. The lowest BCUT2D eigenvalue weighted by Gasteiger charge is -2.06. The highest BCUT2D eigenvalue weighted by Gasteiger charge is 1.96. The number of carbonyl (C=O) groups is 1. The first kappa shape index (κ1) is 13.3. The smallest absolute Gasteiger partial charge is 0.314 e. The molecule has 2 amide bonds. The molecule has 0 bridgehead atoms. The molecule has 0 aromatic carbocycles. The van der Waals surface area contributed by atoms with Crippen molar-refractivity contribution in [2.75, 3.05) is 25.0 Å². The summed E-state index contributed by atoms with van der Waals surface area (Å²) in [5, 5.41) is 8.69. The molecule has 94 valence electrons. The number of hydrogen-bond acceptors (Lipinski definition) is 3. The first-order valence-corrected chi connectivity index (χ1v) is 5.99. The van der Waals surface area contributed by atoms with Gasteiger partial charge in [0.25, 0.3) is 0 Å². The van der Waals surface area contributed by atoms with Crippen molar-refractivity contribution in [2.24, 2.45) is 0 Å². The van der Waals surface area contributed by atoms with Crippen LogP contribution < -0.4 is 16.0 Å². The highest BCUT2D eigenvalue weighted by atomic mass is 16.2. The molecule has 0 saturated heterocycles. The fourth-order valence-corrected chi connectivity index (χ4v) is 1.36. The summed E-state index contributed by atoms with van der Waals surface area (Å²) < 4.78 is 0. The van der Waals surface area contributed by atoms with Gasteiger partial charge >= 0.3 is 6.03 Å². The van der Waals surface area contributed by atoms with Crippen molar-refractivity contribution in [3.63, 3.8) is 0 Å². The third kappa shape index (κ3) is 6.40. The Balaban J connectivity index is 1.96. The van der Waals surface area contributed by atoms with Crippen LogP contribution in [0.4, 0.5) is 10.6 Å². The molecular formula is C12H20N4O. The lowest BCUT2D eigenvalue weighted by Crippen LogP contribution is -2.35. The van der Waals surface area contributed by atoms with Crippen LogP contribution in [0.3, 0.4) is 0 Å². The Morgan fingerprint density at radius 1 is 1.24 bits per heavy atom. The summed E-state index contributed by atoms with van der Waals surface area (Å²) in [6.45, 7) is 4.13. The topological polar surface area (TPSA) is 66.1 Å². The molecule has 1 aromatic rings. The maximum absolute atomic E-state index is 11.0. The zero-order chi connectivity index (χ0) is 12.3. The zero-order valence-corrected chi connectivity index (χ0v) is 10.2. The number of nitrogens with one attached hydrogen (secondary N) is 3. The molecular weight excluding hydrogens is 216 g/mol. The lowest BCUT2D eigenvalue weighted by atomic mass is 10.3. The molecule has 1 heterocycles. The van der Waals surface area contributed by atoms with Crippen LogP contribution in [0.2, 0.25) is 0 Å². The third-order valence-corrected chi connectivity index (χ3v) is 2.20. The van der Waals surface area contributed by atoms with Gasteiger partial charge in [0.2, 0.25) is 0 Å². The summed E-state index contributed by atoms with van der Waals surface area (Å²) >= 11 is 0. The number of hydrogen-bond donors (Lipinski definition) is 3. The summed E-state index contributed by atoms with van der Waals surface area (Å²) in [4.78, 5) is 15.2. The standard InChI is InChI=1S/C12H20N4O/c1-2-13-12(17)16-10-6-5-9-15-11-7-3-4-8-14-11/h3-4,7-8H,2,5-6,9-10H2,1H3,(H,14,15)(H2,13,16,17). The Morgan fingerprint density at radius 2 is 2.06 bits per heavy atom. The van der Waals surface area contributed by atoms with Crippen LogP contribution in [0.15, 0.2) is 24.4 Å². The predicted octanol–water partition coefficient (Wildman–Crippen LogP) is 1.59. The lowest BCUT2D eigenvalue weighted by molar-refractivity contribution is 0.241. The first-order valence-electron chi connectivity index (χ1n) is 5.99. The van der Waals surface area contributed by atoms with Gasteiger partial charge in [-0.3, -0.25) is 0 Å². The van der Waals surface area contributed by atoms with Gasteiger partial charge in [-0.1, -0.05) is 6.07 Å². The van der Waals surface area contributed by atoms with E-state index in [4.69, 9.17) is 0 Å². The van der Waals surface area contributed by atoms with Crippen LogP contribution in [-0.4, -0.2) is 30.6 Å². The van der Waals surface area contributed by atoms with Crippen molar-refractivity contribution in [3.05, 3.63) is 24.4 Å². The van der Waals surface area contributed by atoms with E-state index in [1.165, 1.54) is 0 Å². The Morgan fingerprint density at radius 3 is 2.76 bits per heavy atom. The van der Waals surface area contributed by atoms with Gasteiger partial charge in [0.05, 0.1) is 0 Å². The van der Waals surface area contributed by atoms with Crippen molar-refractivity contribution in [2.45, 2.75) is 19.8 Å². The van der Waals surface area contributed by atoms with Crippen molar-refractivity contribution >= 4 is 11.8 Å². The zero-order valence-electron chi connectivity index (χ0n) is 10.2. The van der Waals surface area contributed by atoms with Gasteiger partial charge in [0.15, 0.2) is 0 Å². The number of amides is 2. The molecule has 5 nitrogen and oxygen atoms in total. The Hall–Kier alpha value is -1.78. The van der Waals surface area contributed by atoms with Gasteiger partial charge in [0.1, 0.15) is 5.82 Å². The monoisotopic (exact) mass is 236 g/mol. The van der Waals surface area contributed by atoms with E-state index < -0.39 is 0 Å². The molecule has 0 aliphatic heterocycles. The fourth-order valence-electron chi connectivity index (χ4n) is 1.36. The third-order valence-electron chi connectivity index (χ3n) is 2.20. The molecule has 0 saturated carbocycles. The van der Waals surface area contributed by atoms with Crippen molar-refractivity contribution in [1.29, 1.82) is 0 Å². The average Bonchev–Trinajstić information content (AvgIpc) is 2.35. The molecule has 1 aromatic heterocycles. The van der Waals surface area contributed by atoms with Crippen LogP contribution in [0.25, 0.3) is 0 Å². The summed E-state index contributed by atoms with van der Waals surface area (Å²) in [6, 6.07) is 5.69. The molecule has 1 rings (SSSR count). The molecule has 3 N–H and O–H groups in total. The summed E-state index contributed by atoms with van der Waals surface area (Å²) in [7, 11) is 0. The maximum atomic E-state index is 11.0. The molecule has 0 aliphatic carbocycles. The first-order chi connectivity index (χ1) is 8.33. The second-order valence-electron chi connectivity index (χ2n) is 3.64. The van der Waals surface area contributed by atoms with Crippen LogP contribution >= 0.6 is 0 Å². The minimum Gasteiger partial charge on any atom is -0.370 e. The van der Waals surface area contributed by atoms with Gasteiger partial charge in [-0.05, 0) is 31.9 Å². The number of rotatable bonds is 7. The van der Waals surface area contributed by atoms with Gasteiger partial charge in [-0.2, -0.15) is 0 Å². The Labute approximate surface area is 102 Å². The van der Waals surface area contributed by atoms with Crippen LogP contribution in [0.1, 0.15) is 19.8 Å². The number of urea groups is 1. The Kier molecular flexibility index (Phi) is 6.55. The number of unbranched alkanes of at least 4 members (excludes halogenated alkanes) is 1. The van der Waals surface area contributed by atoms with Crippen molar-refractivity contribution in [1.82, 2.24) is 15.6 Å². The van der Waals surface area contributed by atoms with Crippen LogP contribution in [-0.2, 0) is 0 Å². The highest BCUT2D eigenvalue weighted by molar-refractivity contribution is 5.73. The van der Waals surface area contributed by atoms with Gasteiger partial charge in [-0.25, -0.2) is 9.78 Å². The van der Waals surface area contributed by atoms with Crippen molar-refractivity contribution in [3.8, 4) is 0 Å². The van der Waals surface area contributed by atoms with E-state index in [1.54, 1.807) is 6.20 Å². The quantitative estimate of drug-likeness (QED) is 0.630. The largest absolute Gasteiger partial charge is 0.370 e. The molecule has 0 radical (unpaired) electrons. The van der Waals surface area contributed by atoms with E-state index in [2.05, 4.69) is 20.9 Å². The normalized spacial score (nSPS) is 9.71. The second kappa shape index (κ2) is 8.38. The van der Waals surface area contributed by atoms with E-state index in [9.17, 15) is 4.79 Å². The molecule has 0 unspecified atom stereocenters. The number of carbonyl (C=O) groups excluding carboxylic acids is 1. The number of aromatic nitrogens is 1. The molecule has 0 aliphatic rings. The van der Waals surface area contributed by atoms with Crippen LogP contribution in [0.5, 0.6) is 0 Å². The van der Waals surface area contributed by atoms with E-state index >= 15 is 0 Å². The van der Waals surface area contributed by atoms with E-state index in [1.807, 2.05) is 25.1 Å². The van der Waals surface area contributed by atoms with E-state index in [0.29, 0.717) is 13.1 Å². The second-order valence-corrected chi connectivity index (χ2v) is 3.64. The van der Waals surface area contributed by atoms with E-state index in [0.717, 1.165) is 25.2 Å². The highest BCUT2D eigenvalue weighted by Crippen LogP contribution is 1.99. The molecule has 5 heteroatoms. The summed E-state index contributed by atoms with van der Waals surface area (Å²) in [6.07, 6.45) is 3.72. The molecule has 0 spiro atoms. The number of pyridine rings is 1. The van der Waals surface area contributed by atoms with Crippen LogP contribution in [0, 0.1) is 0 Å². The number of anilines is 1. The van der Waals surface area contributed by atoms with Gasteiger partial charge in [-0.15, -0.1) is 0 Å². The van der Waals surface area contributed by atoms with Gasteiger partial charge < -0.3 is 16.0 Å². The minimum absolute atomic E-state index is 0.0924. The Bertz CT molecular complexity index is 316. The number of nitrogens with zero attached hydrogens (tertiary/aromatic N) is 1. The van der Waals surface area contributed by atoms with E-state index in [-0.39, 0.29) is 6.03 Å². The summed E-state index contributed by atoms with van der Waals surface area (Å²) in [5.74, 6) is 0.893. The maximum Gasteiger partial charge on any atom is 0.314 e. The molecule has 0 fully saturated rings. The molecule has 0 atom stereocenters. The minimum atomic E-state index is -0.0924. The van der Waals surface area contributed by atoms with Gasteiger partial charge in [0, 0.05) is 25.8 Å².